The number of anilines is 1. The summed E-state index contributed by atoms with van der Waals surface area (Å²) >= 11 is 0. The number of carbonyl (C=O) groups is 1. The fourth-order valence-electron chi connectivity index (χ4n) is 3.65. The molecule has 0 aliphatic carbocycles. The number of aromatic nitrogens is 4. The van der Waals surface area contributed by atoms with Crippen LogP contribution in [-0.2, 0) is 11.3 Å². The number of halogens is 2. The lowest BCUT2D eigenvalue weighted by Gasteiger charge is -2.31. The zero-order valence-electron chi connectivity index (χ0n) is 17.1. The molecule has 1 aliphatic heterocycles. The number of fused-ring (bicyclic) bond motifs is 1. The first-order valence-electron chi connectivity index (χ1n) is 9.78. The Bertz CT molecular complexity index is 965. The first-order valence-corrected chi connectivity index (χ1v) is 9.78. The predicted octanol–water partition coefficient (Wildman–Crippen LogP) is 3.99. The zero-order valence-corrected chi connectivity index (χ0v) is 18.8. The second kappa shape index (κ2) is 10.5. The molecule has 0 radical (unpaired) electrons. The van der Waals surface area contributed by atoms with E-state index in [1.165, 1.54) is 0 Å². The lowest BCUT2D eigenvalue weighted by Crippen LogP contribution is -2.42. The average Bonchev–Trinajstić information content (AvgIpc) is 3.26. The van der Waals surface area contributed by atoms with E-state index in [4.69, 9.17) is 9.72 Å². The van der Waals surface area contributed by atoms with Gasteiger partial charge < -0.3 is 24.5 Å². The number of para-hydroxylation sites is 2. The SMILES string of the molecule is CCOC(=O)N1CCC(Nc2nc3ccccc3n2Cc2nc[nH]c2C)CC1.Cl.Cl. The fraction of sp³-hybridized carbons (Fsp3) is 0.450. The Morgan fingerprint density at radius 1 is 1.27 bits per heavy atom. The van der Waals surface area contributed by atoms with Gasteiger partial charge >= 0.3 is 6.09 Å². The second-order valence-corrected chi connectivity index (χ2v) is 7.09. The number of benzene rings is 1. The number of carbonyl (C=O) groups excluding carboxylic acids is 1. The Morgan fingerprint density at radius 2 is 2.00 bits per heavy atom. The van der Waals surface area contributed by atoms with Crippen molar-refractivity contribution >= 4 is 47.9 Å². The molecule has 0 atom stereocenters. The standard InChI is InChI=1S/C20H26N6O2.2ClH/c1-3-28-20(27)25-10-8-15(9-11-25)23-19-24-16-6-4-5-7-18(16)26(19)12-17-14(2)21-13-22-17;;/h4-7,13,15H,3,8-12H2,1-2H3,(H,21,22)(H,23,24);2*1H. The molecule has 8 nitrogen and oxygen atoms in total. The van der Waals surface area contributed by atoms with Crippen LogP contribution in [0.15, 0.2) is 30.6 Å². The van der Waals surface area contributed by atoms with Crippen molar-refractivity contribution in [3.05, 3.63) is 42.0 Å². The summed E-state index contributed by atoms with van der Waals surface area (Å²) in [5.74, 6) is 0.846. The maximum atomic E-state index is 11.9. The summed E-state index contributed by atoms with van der Waals surface area (Å²) in [5.41, 5.74) is 4.10. The number of aryl methyl sites for hydroxylation is 1. The lowest BCUT2D eigenvalue weighted by molar-refractivity contribution is 0.0983. The number of ether oxygens (including phenoxy) is 1. The monoisotopic (exact) mass is 454 g/mol. The highest BCUT2D eigenvalue weighted by atomic mass is 35.5. The van der Waals surface area contributed by atoms with E-state index < -0.39 is 0 Å². The summed E-state index contributed by atoms with van der Waals surface area (Å²) in [7, 11) is 0. The largest absolute Gasteiger partial charge is 0.450 e. The molecule has 3 aromatic rings. The number of hydrogen-bond acceptors (Lipinski definition) is 5. The topological polar surface area (TPSA) is 88.1 Å². The third-order valence-corrected chi connectivity index (χ3v) is 5.25. The van der Waals surface area contributed by atoms with Crippen LogP contribution < -0.4 is 5.32 Å². The van der Waals surface area contributed by atoms with Crippen LogP contribution in [-0.4, -0.2) is 56.3 Å². The van der Waals surface area contributed by atoms with E-state index in [-0.39, 0.29) is 36.9 Å². The molecule has 1 amide bonds. The van der Waals surface area contributed by atoms with Gasteiger partial charge in [-0.3, -0.25) is 0 Å². The Labute approximate surface area is 188 Å². The number of aromatic amines is 1. The van der Waals surface area contributed by atoms with Gasteiger partial charge in [-0.15, -0.1) is 24.8 Å². The zero-order chi connectivity index (χ0) is 19.5. The van der Waals surface area contributed by atoms with Crippen LogP contribution in [0.25, 0.3) is 11.0 Å². The number of H-pyrrole nitrogens is 1. The third-order valence-electron chi connectivity index (χ3n) is 5.25. The van der Waals surface area contributed by atoms with Crippen LogP contribution in [0.2, 0.25) is 0 Å². The molecule has 2 aromatic heterocycles. The predicted molar refractivity (Wildman–Crippen MR) is 122 cm³/mol. The van der Waals surface area contributed by atoms with Gasteiger partial charge in [-0.1, -0.05) is 12.1 Å². The molecule has 4 rings (SSSR count). The smallest absolute Gasteiger partial charge is 0.409 e. The molecule has 0 bridgehead atoms. The highest BCUT2D eigenvalue weighted by molar-refractivity contribution is 5.85. The van der Waals surface area contributed by atoms with Gasteiger partial charge in [0.2, 0.25) is 5.95 Å². The van der Waals surface area contributed by atoms with Crippen molar-refractivity contribution < 1.29 is 9.53 Å². The van der Waals surface area contributed by atoms with Gasteiger partial charge in [0, 0.05) is 24.8 Å². The quantitative estimate of drug-likeness (QED) is 0.608. The molecule has 2 N–H and O–H groups in total. The first kappa shape index (κ1) is 23.8. The molecule has 0 saturated carbocycles. The molecule has 3 heterocycles. The number of nitrogens with one attached hydrogen (secondary N) is 2. The van der Waals surface area contributed by atoms with Crippen LogP contribution in [0.5, 0.6) is 0 Å². The maximum absolute atomic E-state index is 11.9. The van der Waals surface area contributed by atoms with Gasteiger partial charge in [0.25, 0.3) is 0 Å². The Kier molecular flexibility index (Phi) is 8.37. The lowest BCUT2D eigenvalue weighted by atomic mass is 10.1. The van der Waals surface area contributed by atoms with Crippen molar-refractivity contribution in [3.63, 3.8) is 0 Å². The number of likely N-dealkylation sites (tertiary alicyclic amines) is 1. The van der Waals surface area contributed by atoms with Crippen molar-refractivity contribution in [1.29, 1.82) is 0 Å². The summed E-state index contributed by atoms with van der Waals surface area (Å²) in [4.78, 5) is 26.1. The van der Waals surface area contributed by atoms with Crippen LogP contribution in [0.1, 0.15) is 31.2 Å². The minimum atomic E-state index is -0.220. The Balaban J connectivity index is 0.00000160. The number of amides is 1. The number of rotatable bonds is 5. The summed E-state index contributed by atoms with van der Waals surface area (Å²) in [6.07, 6.45) is 3.23. The van der Waals surface area contributed by atoms with Gasteiger partial charge in [-0.05, 0) is 38.8 Å². The van der Waals surface area contributed by atoms with Crippen molar-refractivity contribution in [1.82, 2.24) is 24.4 Å². The van der Waals surface area contributed by atoms with Crippen molar-refractivity contribution in [2.45, 2.75) is 39.3 Å². The van der Waals surface area contributed by atoms with E-state index in [2.05, 4.69) is 25.9 Å². The van der Waals surface area contributed by atoms with Crippen molar-refractivity contribution in [3.8, 4) is 0 Å². The molecule has 10 heteroatoms. The van der Waals surface area contributed by atoms with Crippen molar-refractivity contribution in [2.75, 3.05) is 25.0 Å². The van der Waals surface area contributed by atoms with E-state index in [1.54, 1.807) is 11.2 Å². The Hall–Kier alpha value is -2.45. The summed E-state index contributed by atoms with van der Waals surface area (Å²) in [6.45, 7) is 6.30. The molecule has 164 valence electrons. The van der Waals surface area contributed by atoms with Gasteiger partial charge in [-0.2, -0.15) is 0 Å². The van der Waals surface area contributed by atoms with Crippen LogP contribution in [0.3, 0.4) is 0 Å². The number of nitrogens with zero attached hydrogens (tertiary/aromatic N) is 4. The molecule has 1 aromatic carbocycles. The molecular weight excluding hydrogens is 427 g/mol. The van der Waals surface area contributed by atoms with Crippen LogP contribution in [0.4, 0.5) is 10.7 Å². The summed E-state index contributed by atoms with van der Waals surface area (Å²) < 4.78 is 7.28. The van der Waals surface area contributed by atoms with Crippen LogP contribution in [0, 0.1) is 6.92 Å². The second-order valence-electron chi connectivity index (χ2n) is 7.09. The van der Waals surface area contributed by atoms with Crippen molar-refractivity contribution in [2.24, 2.45) is 0 Å². The minimum absolute atomic E-state index is 0. The van der Waals surface area contributed by atoms with E-state index in [0.717, 1.165) is 41.2 Å². The molecule has 0 spiro atoms. The minimum Gasteiger partial charge on any atom is -0.450 e. The fourth-order valence-corrected chi connectivity index (χ4v) is 3.65. The Morgan fingerprint density at radius 3 is 2.67 bits per heavy atom. The average molecular weight is 455 g/mol. The van der Waals surface area contributed by atoms with Crippen LogP contribution >= 0.6 is 24.8 Å². The first-order chi connectivity index (χ1) is 13.7. The van der Waals surface area contributed by atoms with Gasteiger partial charge in [0.15, 0.2) is 0 Å². The van der Waals surface area contributed by atoms with E-state index in [9.17, 15) is 4.79 Å². The number of hydrogen-bond donors (Lipinski definition) is 2. The number of imidazole rings is 2. The van der Waals surface area contributed by atoms with E-state index in [0.29, 0.717) is 26.2 Å². The summed E-state index contributed by atoms with van der Waals surface area (Å²) in [5, 5.41) is 3.60. The molecule has 30 heavy (non-hydrogen) atoms. The highest BCUT2D eigenvalue weighted by Gasteiger charge is 2.25. The third kappa shape index (κ3) is 4.99. The van der Waals surface area contributed by atoms with E-state index >= 15 is 0 Å². The maximum Gasteiger partial charge on any atom is 0.409 e. The molecule has 1 saturated heterocycles. The van der Waals surface area contributed by atoms with Gasteiger partial charge in [0.1, 0.15) is 0 Å². The normalized spacial score (nSPS) is 14.1. The van der Waals surface area contributed by atoms with E-state index in [1.807, 2.05) is 32.0 Å². The molecular formula is C20H28Cl2N6O2. The highest BCUT2D eigenvalue weighted by Crippen LogP contribution is 2.24. The molecule has 0 unspecified atom stereocenters. The summed E-state index contributed by atoms with van der Waals surface area (Å²) in [6, 6.07) is 8.40. The molecule has 1 aliphatic rings. The van der Waals surface area contributed by atoms with Gasteiger partial charge in [-0.25, -0.2) is 14.8 Å². The number of piperidine rings is 1. The molecule has 1 fully saturated rings. The van der Waals surface area contributed by atoms with Gasteiger partial charge in [0.05, 0.1) is 36.2 Å².